The van der Waals surface area contributed by atoms with Crippen LogP contribution in [-0.2, 0) is 9.47 Å². The molecule has 0 saturated carbocycles. The Balaban J connectivity index is 1.95. The molecule has 3 N–H and O–H groups in total. The maximum atomic E-state index is 10.0. The first-order valence-electron chi connectivity index (χ1n) is 10.1. The largest absolute Gasteiger partial charge is 0.394 e. The van der Waals surface area contributed by atoms with E-state index in [9.17, 15) is 10.2 Å². The summed E-state index contributed by atoms with van der Waals surface area (Å²) in [6, 6.07) is 0. The second kappa shape index (κ2) is 14.7. The fraction of sp³-hybridized carbons (Fsp3) is 0.900. The van der Waals surface area contributed by atoms with Crippen molar-refractivity contribution in [3.8, 4) is 0 Å². The highest BCUT2D eigenvalue weighted by Gasteiger charge is 2.38. The third kappa shape index (κ3) is 9.71. The van der Waals surface area contributed by atoms with Gasteiger partial charge in [-0.3, -0.25) is 0 Å². The van der Waals surface area contributed by atoms with Gasteiger partial charge in [-0.25, -0.2) is 0 Å². The Morgan fingerprint density at radius 2 is 1.60 bits per heavy atom. The first kappa shape index (κ1) is 22.6. The lowest BCUT2D eigenvalue weighted by Gasteiger charge is -2.37. The van der Waals surface area contributed by atoms with Gasteiger partial charge < -0.3 is 24.8 Å². The molecule has 1 saturated heterocycles. The fourth-order valence-corrected chi connectivity index (χ4v) is 3.07. The molecule has 5 nitrogen and oxygen atoms in total. The number of hydrogen-bond acceptors (Lipinski definition) is 5. The zero-order valence-electron chi connectivity index (χ0n) is 15.8. The van der Waals surface area contributed by atoms with Crippen molar-refractivity contribution in [1.82, 2.24) is 0 Å². The number of ether oxygens (including phenoxy) is 2. The smallest absolute Gasteiger partial charge is 0.114 e. The molecule has 1 fully saturated rings. The summed E-state index contributed by atoms with van der Waals surface area (Å²) < 4.78 is 10.8. The summed E-state index contributed by atoms with van der Waals surface area (Å²) in [6.45, 7) is 2.58. The molecule has 0 spiro atoms. The highest BCUT2D eigenvalue weighted by atomic mass is 16.6. The SMILES string of the molecule is CCCC/C=C/CCCCCCCCO[C@H]1[C@H](O)[C@@H](CO)OC[C@@H]1O. The van der Waals surface area contributed by atoms with Crippen molar-refractivity contribution < 1.29 is 24.8 Å². The minimum Gasteiger partial charge on any atom is -0.394 e. The van der Waals surface area contributed by atoms with Crippen LogP contribution in [0, 0.1) is 0 Å². The van der Waals surface area contributed by atoms with Crippen LogP contribution in [0.5, 0.6) is 0 Å². The molecule has 0 bridgehead atoms. The Morgan fingerprint density at radius 3 is 2.28 bits per heavy atom. The van der Waals surface area contributed by atoms with Gasteiger partial charge in [-0.2, -0.15) is 0 Å². The van der Waals surface area contributed by atoms with Gasteiger partial charge >= 0.3 is 0 Å². The molecule has 5 heteroatoms. The lowest BCUT2D eigenvalue weighted by Crippen LogP contribution is -2.55. The first-order valence-corrected chi connectivity index (χ1v) is 10.1. The quantitative estimate of drug-likeness (QED) is 0.329. The van der Waals surface area contributed by atoms with Crippen molar-refractivity contribution in [3.05, 3.63) is 12.2 Å². The third-order valence-electron chi connectivity index (χ3n) is 4.72. The summed E-state index contributed by atoms with van der Waals surface area (Å²) in [5.41, 5.74) is 0. The minimum atomic E-state index is -0.973. The van der Waals surface area contributed by atoms with E-state index in [1.807, 2.05) is 0 Å². The molecule has 1 aliphatic rings. The Labute approximate surface area is 153 Å². The summed E-state index contributed by atoms with van der Waals surface area (Å²) in [4.78, 5) is 0. The summed E-state index contributed by atoms with van der Waals surface area (Å²) in [6.07, 6.45) is 13.5. The average molecular weight is 359 g/mol. The van der Waals surface area contributed by atoms with Crippen LogP contribution in [0.4, 0.5) is 0 Å². The van der Waals surface area contributed by atoms with Gasteiger partial charge in [-0.15, -0.1) is 0 Å². The van der Waals surface area contributed by atoms with E-state index < -0.39 is 24.4 Å². The van der Waals surface area contributed by atoms with E-state index in [1.165, 1.54) is 51.4 Å². The summed E-state index contributed by atoms with van der Waals surface area (Å²) in [5.74, 6) is 0. The molecular weight excluding hydrogens is 320 g/mol. The van der Waals surface area contributed by atoms with Gasteiger partial charge in [-0.05, 0) is 25.7 Å². The molecule has 148 valence electrons. The number of aliphatic hydroxyl groups excluding tert-OH is 3. The molecule has 4 atom stereocenters. The number of aliphatic hydroxyl groups is 3. The molecule has 1 aliphatic heterocycles. The minimum absolute atomic E-state index is 0.0971. The molecule has 1 rings (SSSR count). The Kier molecular flexibility index (Phi) is 13.3. The zero-order chi connectivity index (χ0) is 18.3. The van der Waals surface area contributed by atoms with Gasteiger partial charge in [0.15, 0.2) is 0 Å². The van der Waals surface area contributed by atoms with Crippen molar-refractivity contribution >= 4 is 0 Å². The second-order valence-electron chi connectivity index (χ2n) is 6.97. The van der Waals surface area contributed by atoms with Gasteiger partial charge in [0.2, 0.25) is 0 Å². The van der Waals surface area contributed by atoms with Crippen LogP contribution in [0.2, 0.25) is 0 Å². The maximum absolute atomic E-state index is 10.0. The first-order chi connectivity index (χ1) is 12.2. The van der Waals surface area contributed by atoms with Crippen LogP contribution >= 0.6 is 0 Å². The van der Waals surface area contributed by atoms with Gasteiger partial charge in [0.25, 0.3) is 0 Å². The number of unbranched alkanes of at least 4 members (excludes halogenated alkanes) is 8. The van der Waals surface area contributed by atoms with Crippen LogP contribution in [0.15, 0.2) is 12.2 Å². The van der Waals surface area contributed by atoms with E-state index in [4.69, 9.17) is 14.6 Å². The molecular formula is C20H38O5. The summed E-state index contributed by atoms with van der Waals surface area (Å²) in [5, 5.41) is 29.0. The Hall–Kier alpha value is -0.460. The molecule has 1 heterocycles. The van der Waals surface area contributed by atoms with Gasteiger partial charge in [-0.1, -0.05) is 57.6 Å². The standard InChI is InChI=1S/C20H38O5/c1-2-3-4-5-6-7-8-9-10-11-12-13-14-24-20-17(22)16-25-18(15-21)19(20)23/h5-6,17-23H,2-4,7-16H2,1H3/b6-5+/t17-,18+,19+,20+/m0/s1. The molecule has 0 radical (unpaired) electrons. The number of allylic oxidation sites excluding steroid dienone is 2. The van der Waals surface area contributed by atoms with Crippen LogP contribution in [0.3, 0.4) is 0 Å². The average Bonchev–Trinajstić information content (AvgIpc) is 2.61. The van der Waals surface area contributed by atoms with Crippen molar-refractivity contribution in [1.29, 1.82) is 0 Å². The number of rotatable bonds is 14. The highest BCUT2D eigenvalue weighted by molar-refractivity contribution is 4.87. The van der Waals surface area contributed by atoms with Crippen LogP contribution < -0.4 is 0 Å². The normalized spacial score (nSPS) is 27.2. The van der Waals surface area contributed by atoms with Crippen molar-refractivity contribution in [2.75, 3.05) is 19.8 Å². The van der Waals surface area contributed by atoms with Crippen LogP contribution in [0.25, 0.3) is 0 Å². The predicted octanol–water partition coefficient (Wildman–Crippen LogP) is 2.96. The van der Waals surface area contributed by atoms with Gasteiger partial charge in [0.1, 0.15) is 24.4 Å². The van der Waals surface area contributed by atoms with E-state index in [1.54, 1.807) is 0 Å². The zero-order valence-corrected chi connectivity index (χ0v) is 15.8. The third-order valence-corrected chi connectivity index (χ3v) is 4.72. The molecule has 0 unspecified atom stereocenters. The lowest BCUT2D eigenvalue weighted by atomic mass is 10.0. The predicted molar refractivity (Wildman–Crippen MR) is 99.6 cm³/mol. The summed E-state index contributed by atoms with van der Waals surface area (Å²) >= 11 is 0. The molecule has 0 aromatic heterocycles. The van der Waals surface area contributed by atoms with E-state index in [0.29, 0.717) is 6.61 Å². The topological polar surface area (TPSA) is 79.2 Å². The highest BCUT2D eigenvalue weighted by Crippen LogP contribution is 2.19. The van der Waals surface area contributed by atoms with Crippen molar-refractivity contribution in [3.63, 3.8) is 0 Å². The molecule has 25 heavy (non-hydrogen) atoms. The second-order valence-corrected chi connectivity index (χ2v) is 6.97. The number of hydrogen-bond donors (Lipinski definition) is 3. The Bertz CT molecular complexity index is 334. The fourth-order valence-electron chi connectivity index (χ4n) is 3.07. The van der Waals surface area contributed by atoms with E-state index >= 15 is 0 Å². The van der Waals surface area contributed by atoms with Crippen LogP contribution in [-0.4, -0.2) is 59.6 Å². The molecule has 0 aromatic carbocycles. The molecule has 0 amide bonds. The van der Waals surface area contributed by atoms with E-state index in [0.717, 1.165) is 12.8 Å². The van der Waals surface area contributed by atoms with Gasteiger partial charge in [0, 0.05) is 6.61 Å². The van der Waals surface area contributed by atoms with E-state index in [-0.39, 0.29) is 13.2 Å². The monoisotopic (exact) mass is 358 g/mol. The molecule has 0 aromatic rings. The van der Waals surface area contributed by atoms with Crippen molar-refractivity contribution in [2.45, 2.75) is 95.5 Å². The Morgan fingerprint density at radius 1 is 0.960 bits per heavy atom. The van der Waals surface area contributed by atoms with Crippen molar-refractivity contribution in [2.24, 2.45) is 0 Å². The van der Waals surface area contributed by atoms with Crippen LogP contribution in [0.1, 0.15) is 71.1 Å². The van der Waals surface area contributed by atoms with Gasteiger partial charge in [0.05, 0.1) is 13.2 Å². The van der Waals surface area contributed by atoms with E-state index in [2.05, 4.69) is 19.1 Å². The maximum Gasteiger partial charge on any atom is 0.114 e. The summed E-state index contributed by atoms with van der Waals surface area (Å²) in [7, 11) is 0. The lowest BCUT2D eigenvalue weighted by molar-refractivity contribution is -0.210. The molecule has 0 aliphatic carbocycles.